The van der Waals surface area contributed by atoms with E-state index in [-0.39, 0.29) is 0 Å². The molecule has 0 fully saturated rings. The molecule has 86 valence electrons. The molecule has 1 N–H and O–H groups in total. The Bertz CT molecular complexity index is 402. The number of hydrogen-bond acceptors (Lipinski definition) is 2. The minimum absolute atomic E-state index is 0.516. The minimum atomic E-state index is -0.516. The monoisotopic (exact) mass is 238 g/mol. The molecule has 0 heterocycles. The first-order chi connectivity index (χ1) is 7.65. The molecule has 1 aromatic carbocycles. The fraction of sp³-hybridized carbons (Fsp3) is 0.385. The van der Waals surface area contributed by atoms with Crippen molar-refractivity contribution in [3.63, 3.8) is 0 Å². The van der Waals surface area contributed by atoms with Gasteiger partial charge >= 0.3 is 0 Å². The molecule has 2 nitrogen and oxygen atoms in total. The standard InChI is InChI=1S/C13H15ClO2/c1-3-4-5-8-16-13-7-6-11(10(2)15)9-12(13)14/h6-7,9-10,15H,5,8H2,1-2H3. The molecule has 0 bridgehead atoms. The zero-order chi connectivity index (χ0) is 12.0. The first-order valence-electron chi connectivity index (χ1n) is 5.15. The maximum atomic E-state index is 9.37. The van der Waals surface area contributed by atoms with Gasteiger partial charge in [0.05, 0.1) is 17.7 Å². The zero-order valence-corrected chi connectivity index (χ0v) is 10.2. The van der Waals surface area contributed by atoms with Crippen LogP contribution in [0, 0.1) is 11.8 Å². The van der Waals surface area contributed by atoms with E-state index < -0.39 is 6.10 Å². The van der Waals surface area contributed by atoms with Gasteiger partial charge in [0.1, 0.15) is 5.75 Å². The fourth-order valence-electron chi connectivity index (χ4n) is 1.23. The largest absolute Gasteiger partial charge is 0.491 e. The number of ether oxygens (including phenoxy) is 1. The van der Waals surface area contributed by atoms with Gasteiger partial charge in [0.25, 0.3) is 0 Å². The van der Waals surface area contributed by atoms with Gasteiger partial charge in [0, 0.05) is 6.42 Å². The number of aliphatic hydroxyl groups is 1. The van der Waals surface area contributed by atoms with Crippen LogP contribution >= 0.6 is 11.6 Å². The Morgan fingerprint density at radius 2 is 2.25 bits per heavy atom. The summed E-state index contributed by atoms with van der Waals surface area (Å²) >= 11 is 6.01. The number of halogens is 1. The maximum Gasteiger partial charge on any atom is 0.137 e. The molecule has 16 heavy (non-hydrogen) atoms. The summed E-state index contributed by atoms with van der Waals surface area (Å²) in [6, 6.07) is 5.29. The Labute approximate surface area is 101 Å². The van der Waals surface area contributed by atoms with Gasteiger partial charge in [-0.05, 0) is 31.5 Å². The summed E-state index contributed by atoms with van der Waals surface area (Å²) in [5.74, 6) is 6.33. The molecule has 0 aromatic heterocycles. The van der Waals surface area contributed by atoms with Crippen LogP contribution in [0.1, 0.15) is 31.9 Å². The predicted octanol–water partition coefficient (Wildman–Crippen LogP) is 3.19. The van der Waals surface area contributed by atoms with Crippen LogP contribution in [0.3, 0.4) is 0 Å². The summed E-state index contributed by atoms with van der Waals surface area (Å²) in [7, 11) is 0. The number of aliphatic hydroxyl groups excluding tert-OH is 1. The number of rotatable bonds is 4. The quantitative estimate of drug-likeness (QED) is 0.645. The molecule has 0 saturated heterocycles. The summed E-state index contributed by atoms with van der Waals surface area (Å²) in [5, 5.41) is 9.88. The molecule has 0 spiro atoms. The molecule has 1 atom stereocenters. The molecule has 0 amide bonds. The van der Waals surface area contributed by atoms with Crippen molar-refractivity contribution < 1.29 is 9.84 Å². The molecule has 0 saturated carbocycles. The normalized spacial score (nSPS) is 11.5. The second kappa shape index (κ2) is 6.42. The van der Waals surface area contributed by atoms with E-state index in [1.54, 1.807) is 32.0 Å². The molecule has 3 heteroatoms. The van der Waals surface area contributed by atoms with E-state index in [2.05, 4.69) is 11.8 Å². The van der Waals surface area contributed by atoms with Crippen LogP contribution in [0.4, 0.5) is 0 Å². The zero-order valence-electron chi connectivity index (χ0n) is 9.46. The Balaban J connectivity index is 2.63. The molecular weight excluding hydrogens is 224 g/mol. The number of benzene rings is 1. The summed E-state index contributed by atoms with van der Waals surface area (Å²) in [5.41, 5.74) is 0.783. The summed E-state index contributed by atoms with van der Waals surface area (Å²) in [6.07, 6.45) is 0.169. The fourth-order valence-corrected chi connectivity index (χ4v) is 1.47. The maximum absolute atomic E-state index is 9.37. The summed E-state index contributed by atoms with van der Waals surface area (Å²) in [4.78, 5) is 0. The van der Waals surface area contributed by atoms with E-state index in [1.165, 1.54) is 0 Å². The Kier molecular flexibility index (Phi) is 5.18. The number of hydrogen-bond donors (Lipinski definition) is 1. The molecule has 1 aromatic rings. The highest BCUT2D eigenvalue weighted by Gasteiger charge is 2.06. The predicted molar refractivity (Wildman–Crippen MR) is 65.6 cm³/mol. The van der Waals surface area contributed by atoms with Crippen molar-refractivity contribution in [1.29, 1.82) is 0 Å². The average Bonchev–Trinajstić information content (AvgIpc) is 2.26. The first kappa shape index (κ1) is 12.9. The van der Waals surface area contributed by atoms with E-state index in [1.807, 2.05) is 0 Å². The highest BCUT2D eigenvalue weighted by molar-refractivity contribution is 6.32. The van der Waals surface area contributed by atoms with Crippen LogP contribution < -0.4 is 4.74 Å². The van der Waals surface area contributed by atoms with Crippen LogP contribution in [0.15, 0.2) is 18.2 Å². The van der Waals surface area contributed by atoms with Crippen molar-refractivity contribution >= 4 is 11.6 Å². The van der Waals surface area contributed by atoms with Crippen molar-refractivity contribution in [2.75, 3.05) is 6.61 Å². The van der Waals surface area contributed by atoms with Crippen molar-refractivity contribution in [2.24, 2.45) is 0 Å². The molecule has 0 aliphatic carbocycles. The molecular formula is C13H15ClO2. The van der Waals surface area contributed by atoms with Crippen LogP contribution in [0.25, 0.3) is 0 Å². The van der Waals surface area contributed by atoms with Gasteiger partial charge in [-0.15, -0.1) is 11.8 Å². The van der Waals surface area contributed by atoms with Gasteiger partial charge in [-0.1, -0.05) is 17.7 Å². The van der Waals surface area contributed by atoms with Crippen molar-refractivity contribution in [3.05, 3.63) is 28.8 Å². The average molecular weight is 239 g/mol. The first-order valence-corrected chi connectivity index (χ1v) is 5.53. The van der Waals surface area contributed by atoms with E-state index in [0.29, 0.717) is 23.8 Å². The summed E-state index contributed by atoms with van der Waals surface area (Å²) < 4.78 is 5.46. The van der Waals surface area contributed by atoms with Gasteiger partial charge < -0.3 is 9.84 Å². The van der Waals surface area contributed by atoms with E-state index in [9.17, 15) is 5.11 Å². The van der Waals surface area contributed by atoms with Crippen LogP contribution in [0.2, 0.25) is 5.02 Å². The Morgan fingerprint density at radius 1 is 1.50 bits per heavy atom. The molecule has 0 radical (unpaired) electrons. The molecule has 1 unspecified atom stereocenters. The van der Waals surface area contributed by atoms with E-state index >= 15 is 0 Å². The smallest absolute Gasteiger partial charge is 0.137 e. The van der Waals surface area contributed by atoms with Crippen LogP contribution in [0.5, 0.6) is 5.75 Å². The molecule has 0 aliphatic heterocycles. The van der Waals surface area contributed by atoms with Crippen molar-refractivity contribution in [2.45, 2.75) is 26.4 Å². The summed E-state index contributed by atoms with van der Waals surface area (Å²) in [6.45, 7) is 4.02. The topological polar surface area (TPSA) is 29.5 Å². The second-order valence-electron chi connectivity index (χ2n) is 3.39. The lowest BCUT2D eigenvalue weighted by Gasteiger charge is -2.09. The van der Waals surface area contributed by atoms with Gasteiger partial charge in [-0.2, -0.15) is 0 Å². The highest BCUT2D eigenvalue weighted by atomic mass is 35.5. The van der Waals surface area contributed by atoms with Gasteiger partial charge in [0.2, 0.25) is 0 Å². The lowest BCUT2D eigenvalue weighted by atomic mass is 10.1. The van der Waals surface area contributed by atoms with Gasteiger partial charge in [0.15, 0.2) is 0 Å². The van der Waals surface area contributed by atoms with Gasteiger partial charge in [-0.25, -0.2) is 0 Å². The Morgan fingerprint density at radius 3 is 2.81 bits per heavy atom. The van der Waals surface area contributed by atoms with Gasteiger partial charge in [-0.3, -0.25) is 0 Å². The van der Waals surface area contributed by atoms with E-state index in [0.717, 1.165) is 5.56 Å². The molecule has 1 rings (SSSR count). The van der Waals surface area contributed by atoms with Crippen LogP contribution in [-0.4, -0.2) is 11.7 Å². The lowest BCUT2D eigenvalue weighted by molar-refractivity contribution is 0.199. The van der Waals surface area contributed by atoms with E-state index in [4.69, 9.17) is 16.3 Å². The highest BCUT2D eigenvalue weighted by Crippen LogP contribution is 2.27. The Hall–Kier alpha value is -1.17. The van der Waals surface area contributed by atoms with Crippen molar-refractivity contribution in [1.82, 2.24) is 0 Å². The van der Waals surface area contributed by atoms with Crippen molar-refractivity contribution in [3.8, 4) is 17.6 Å². The third-order valence-corrected chi connectivity index (χ3v) is 2.40. The second-order valence-corrected chi connectivity index (χ2v) is 3.80. The van der Waals surface area contributed by atoms with Crippen LogP contribution in [-0.2, 0) is 0 Å². The molecule has 0 aliphatic rings. The SMILES string of the molecule is CC#CCCOc1ccc(C(C)O)cc1Cl. The lowest BCUT2D eigenvalue weighted by Crippen LogP contribution is -1.98. The third kappa shape index (κ3) is 3.77. The third-order valence-electron chi connectivity index (χ3n) is 2.10. The minimum Gasteiger partial charge on any atom is -0.491 e.